The van der Waals surface area contributed by atoms with E-state index in [4.69, 9.17) is 10.5 Å². The molecule has 0 radical (unpaired) electrons. The lowest BCUT2D eigenvalue weighted by molar-refractivity contribution is -0.166. The molecule has 1 amide bonds. The molecule has 0 saturated heterocycles. The summed E-state index contributed by atoms with van der Waals surface area (Å²) in [5.74, 6) is -0.184. The minimum absolute atomic E-state index is 0. The van der Waals surface area contributed by atoms with Crippen LogP contribution in [0.5, 0.6) is 0 Å². The minimum atomic E-state index is -0.938. The Labute approximate surface area is 168 Å². The van der Waals surface area contributed by atoms with E-state index in [9.17, 15) is 4.79 Å². The molecule has 144 valence electrons. The van der Waals surface area contributed by atoms with Crippen molar-refractivity contribution in [2.24, 2.45) is 11.1 Å². The van der Waals surface area contributed by atoms with Gasteiger partial charge in [0.1, 0.15) is 5.54 Å². The standard InChI is InChI=1S/C18H25N3O2S2.ClH/c1-6-23-13-9-18(19,17(13,4)5)15(22)21-16-20-14(11(3)25-16)12-8-7-10(2)24-12;/h7-8,13H,6,9,19H2,1-5H3,(H,20,21,22);1H. The molecular formula is C18H26ClN3O2S2. The maximum absolute atomic E-state index is 12.8. The third kappa shape index (κ3) is 3.43. The number of thiazole rings is 1. The maximum Gasteiger partial charge on any atom is 0.246 e. The number of anilines is 1. The van der Waals surface area contributed by atoms with Crippen LogP contribution in [-0.2, 0) is 9.53 Å². The summed E-state index contributed by atoms with van der Waals surface area (Å²) in [5.41, 5.74) is 6.03. The normalized spacial score (nSPS) is 23.8. The van der Waals surface area contributed by atoms with E-state index in [2.05, 4.69) is 29.4 Å². The molecule has 2 aromatic rings. The number of aromatic nitrogens is 1. The molecular weight excluding hydrogens is 390 g/mol. The van der Waals surface area contributed by atoms with Gasteiger partial charge in [-0.05, 0) is 32.9 Å². The summed E-state index contributed by atoms with van der Waals surface area (Å²) in [5, 5.41) is 3.53. The Kier molecular flexibility index (Phi) is 6.20. The zero-order valence-corrected chi connectivity index (χ0v) is 18.2. The number of amides is 1. The molecule has 0 aromatic carbocycles. The van der Waals surface area contributed by atoms with Gasteiger partial charge in [0.2, 0.25) is 5.91 Å². The fourth-order valence-corrected chi connectivity index (χ4v) is 5.07. The number of hydrogen-bond acceptors (Lipinski definition) is 6. The van der Waals surface area contributed by atoms with E-state index in [-0.39, 0.29) is 24.4 Å². The van der Waals surface area contributed by atoms with Gasteiger partial charge < -0.3 is 15.8 Å². The average Bonchev–Trinajstić information content (AvgIpc) is 3.12. The number of halogens is 1. The number of thiophene rings is 1. The molecule has 1 aliphatic carbocycles. The summed E-state index contributed by atoms with van der Waals surface area (Å²) in [7, 11) is 0. The highest BCUT2D eigenvalue weighted by atomic mass is 35.5. The van der Waals surface area contributed by atoms with Crippen molar-refractivity contribution >= 4 is 46.1 Å². The third-order valence-electron chi connectivity index (χ3n) is 5.23. The lowest BCUT2D eigenvalue weighted by atomic mass is 9.54. The first-order valence-corrected chi connectivity index (χ1v) is 10.1. The van der Waals surface area contributed by atoms with E-state index in [1.165, 1.54) is 16.2 Å². The molecule has 2 atom stereocenters. The number of ether oxygens (including phenoxy) is 1. The fourth-order valence-electron chi connectivity index (χ4n) is 3.27. The molecule has 1 fully saturated rings. The van der Waals surface area contributed by atoms with Gasteiger partial charge in [0.25, 0.3) is 0 Å². The van der Waals surface area contributed by atoms with Crippen LogP contribution in [0, 0.1) is 19.3 Å². The highest BCUT2D eigenvalue weighted by Crippen LogP contribution is 2.50. The molecule has 26 heavy (non-hydrogen) atoms. The monoisotopic (exact) mass is 415 g/mol. The third-order valence-corrected chi connectivity index (χ3v) is 7.12. The summed E-state index contributed by atoms with van der Waals surface area (Å²) >= 11 is 3.19. The van der Waals surface area contributed by atoms with E-state index in [0.29, 0.717) is 18.2 Å². The summed E-state index contributed by atoms with van der Waals surface area (Å²) < 4.78 is 5.70. The van der Waals surface area contributed by atoms with Gasteiger partial charge in [0.05, 0.1) is 16.7 Å². The Bertz CT molecular complexity index is 802. The van der Waals surface area contributed by atoms with Crippen molar-refractivity contribution in [3.63, 3.8) is 0 Å². The van der Waals surface area contributed by atoms with Crippen molar-refractivity contribution in [3.8, 4) is 10.6 Å². The number of nitrogens with zero attached hydrogens (tertiary/aromatic N) is 1. The van der Waals surface area contributed by atoms with E-state index in [1.54, 1.807) is 11.3 Å². The van der Waals surface area contributed by atoms with Crippen LogP contribution in [0.1, 0.15) is 36.9 Å². The highest BCUT2D eigenvalue weighted by molar-refractivity contribution is 7.18. The second kappa shape index (κ2) is 7.56. The van der Waals surface area contributed by atoms with Gasteiger partial charge in [0.15, 0.2) is 5.13 Å². The zero-order chi connectivity index (χ0) is 18.4. The molecule has 0 aliphatic heterocycles. The topological polar surface area (TPSA) is 77.2 Å². The Morgan fingerprint density at radius 1 is 1.38 bits per heavy atom. The van der Waals surface area contributed by atoms with Crippen molar-refractivity contribution in [3.05, 3.63) is 21.9 Å². The van der Waals surface area contributed by atoms with Crippen molar-refractivity contribution in [2.75, 3.05) is 11.9 Å². The number of hydrogen-bond donors (Lipinski definition) is 2. The van der Waals surface area contributed by atoms with Crippen molar-refractivity contribution in [1.82, 2.24) is 4.98 Å². The number of nitrogens with one attached hydrogen (secondary N) is 1. The summed E-state index contributed by atoms with van der Waals surface area (Å²) in [6, 6.07) is 4.15. The number of carbonyl (C=O) groups excluding carboxylic acids is 1. The van der Waals surface area contributed by atoms with Crippen LogP contribution >= 0.6 is 35.1 Å². The van der Waals surface area contributed by atoms with Crippen LogP contribution in [-0.4, -0.2) is 29.1 Å². The first-order valence-electron chi connectivity index (χ1n) is 8.45. The van der Waals surface area contributed by atoms with Crippen molar-refractivity contribution < 1.29 is 9.53 Å². The predicted octanol–water partition coefficient (Wildman–Crippen LogP) is 4.38. The Hall–Kier alpha value is -0.990. The first-order chi connectivity index (χ1) is 11.7. The van der Waals surface area contributed by atoms with Crippen molar-refractivity contribution in [1.29, 1.82) is 0 Å². The zero-order valence-electron chi connectivity index (χ0n) is 15.7. The summed E-state index contributed by atoms with van der Waals surface area (Å²) in [4.78, 5) is 20.9. The van der Waals surface area contributed by atoms with E-state index >= 15 is 0 Å². The minimum Gasteiger partial charge on any atom is -0.378 e. The number of rotatable bonds is 5. The van der Waals surface area contributed by atoms with Crippen LogP contribution in [0.4, 0.5) is 5.13 Å². The SMILES string of the molecule is CCOC1CC(N)(C(=O)Nc2nc(-c3ccc(C)s3)c(C)s2)C1(C)C.Cl. The second-order valence-electron chi connectivity index (χ2n) is 7.13. The van der Waals surface area contributed by atoms with Gasteiger partial charge >= 0.3 is 0 Å². The first kappa shape index (κ1) is 21.3. The smallest absolute Gasteiger partial charge is 0.246 e. The molecule has 2 aromatic heterocycles. The predicted molar refractivity (Wildman–Crippen MR) is 112 cm³/mol. The highest BCUT2D eigenvalue weighted by Gasteiger charge is 2.63. The van der Waals surface area contributed by atoms with Gasteiger partial charge in [-0.2, -0.15) is 0 Å². The molecule has 1 aliphatic rings. The van der Waals surface area contributed by atoms with Crippen LogP contribution < -0.4 is 11.1 Å². The average molecular weight is 416 g/mol. The summed E-state index contributed by atoms with van der Waals surface area (Å²) in [6.07, 6.45) is 0.539. The number of carbonyl (C=O) groups is 1. The molecule has 0 spiro atoms. The van der Waals surface area contributed by atoms with E-state index in [1.807, 2.05) is 27.7 Å². The van der Waals surface area contributed by atoms with E-state index in [0.717, 1.165) is 15.4 Å². The second-order valence-corrected chi connectivity index (χ2v) is 9.62. The molecule has 2 heterocycles. The number of nitrogens with two attached hydrogens (primary N) is 1. The van der Waals surface area contributed by atoms with Crippen LogP contribution in [0.2, 0.25) is 0 Å². The van der Waals surface area contributed by atoms with Gasteiger partial charge in [-0.1, -0.05) is 13.8 Å². The number of aryl methyl sites for hydroxylation is 2. The largest absolute Gasteiger partial charge is 0.378 e. The molecule has 3 N–H and O–H groups in total. The maximum atomic E-state index is 12.8. The summed E-state index contributed by atoms with van der Waals surface area (Å²) in [6.45, 7) is 10.7. The van der Waals surface area contributed by atoms with Crippen molar-refractivity contribution in [2.45, 2.75) is 52.7 Å². The molecule has 3 rings (SSSR count). The van der Waals surface area contributed by atoms with Crippen LogP contribution in [0.3, 0.4) is 0 Å². The lowest BCUT2D eigenvalue weighted by Gasteiger charge is -2.57. The molecule has 5 nitrogen and oxygen atoms in total. The van der Waals surface area contributed by atoms with E-state index < -0.39 is 11.0 Å². The van der Waals surface area contributed by atoms with Gasteiger partial charge in [-0.25, -0.2) is 4.98 Å². The Morgan fingerprint density at radius 2 is 2.08 bits per heavy atom. The molecule has 0 bridgehead atoms. The van der Waals surface area contributed by atoms with Gasteiger partial charge in [-0.15, -0.1) is 35.1 Å². The Balaban J connectivity index is 0.00000243. The lowest BCUT2D eigenvalue weighted by Crippen LogP contribution is -2.74. The quantitative estimate of drug-likeness (QED) is 0.759. The van der Waals surface area contributed by atoms with Crippen LogP contribution in [0.15, 0.2) is 12.1 Å². The van der Waals surface area contributed by atoms with Crippen LogP contribution in [0.25, 0.3) is 10.6 Å². The van der Waals surface area contributed by atoms with Gasteiger partial charge in [0, 0.05) is 28.2 Å². The fraction of sp³-hybridized carbons (Fsp3) is 0.556. The van der Waals surface area contributed by atoms with Gasteiger partial charge in [-0.3, -0.25) is 4.79 Å². The molecule has 2 unspecified atom stereocenters. The molecule has 8 heteroatoms. The molecule has 1 saturated carbocycles. The Morgan fingerprint density at radius 3 is 2.62 bits per heavy atom.